The number of rotatable bonds is 4. The van der Waals surface area contributed by atoms with Gasteiger partial charge in [-0.05, 0) is 42.7 Å². The van der Waals surface area contributed by atoms with Crippen molar-refractivity contribution in [3.63, 3.8) is 0 Å². The van der Waals surface area contributed by atoms with Gasteiger partial charge in [-0.3, -0.25) is 19.7 Å². The van der Waals surface area contributed by atoms with Crippen LogP contribution in [0.2, 0.25) is 0 Å². The van der Waals surface area contributed by atoms with E-state index in [1.54, 1.807) is 30.9 Å². The minimum atomic E-state index is -0.189. The molecule has 1 saturated carbocycles. The van der Waals surface area contributed by atoms with E-state index in [2.05, 4.69) is 20.5 Å². The molecule has 1 aliphatic carbocycles. The second-order valence-electron chi connectivity index (χ2n) is 7.78. The fourth-order valence-corrected chi connectivity index (χ4v) is 4.34. The molecule has 3 aromatic heterocycles. The number of hydrogen-bond donors (Lipinski definition) is 2. The van der Waals surface area contributed by atoms with Crippen molar-refractivity contribution in [3.05, 3.63) is 48.2 Å². The molecule has 3 aromatic rings. The molecule has 2 N–H and O–H groups in total. The van der Waals surface area contributed by atoms with Gasteiger partial charge in [0.1, 0.15) is 0 Å². The number of furan rings is 1. The molecule has 0 radical (unpaired) electrons. The summed E-state index contributed by atoms with van der Waals surface area (Å²) in [7, 11) is 0. The van der Waals surface area contributed by atoms with Crippen LogP contribution in [0.1, 0.15) is 40.2 Å². The first-order valence-corrected chi connectivity index (χ1v) is 9.54. The summed E-state index contributed by atoms with van der Waals surface area (Å²) in [5.41, 5.74) is 1.49. The molecule has 2 amide bonds. The van der Waals surface area contributed by atoms with Crippen LogP contribution in [0.25, 0.3) is 11.0 Å². The molecule has 144 valence electrons. The first-order valence-electron chi connectivity index (χ1n) is 9.54. The minimum absolute atomic E-state index is 0.0356. The largest absolute Gasteiger partial charge is 0.449 e. The monoisotopic (exact) mass is 379 g/mol. The molecule has 1 saturated heterocycles. The Hall–Kier alpha value is -3.16. The zero-order chi connectivity index (χ0) is 19.1. The third-order valence-electron chi connectivity index (χ3n) is 6.21. The van der Waals surface area contributed by atoms with E-state index in [-0.39, 0.29) is 17.2 Å². The van der Waals surface area contributed by atoms with Crippen LogP contribution in [-0.4, -0.2) is 51.5 Å². The molecule has 0 aromatic carbocycles. The highest BCUT2D eigenvalue weighted by atomic mass is 16.3. The number of pyridine rings is 1. The molecule has 1 spiro atoms. The first-order chi connectivity index (χ1) is 13.6. The van der Waals surface area contributed by atoms with Gasteiger partial charge in [-0.15, -0.1) is 0 Å². The summed E-state index contributed by atoms with van der Waals surface area (Å²) in [6.45, 7) is 2.15. The van der Waals surface area contributed by atoms with E-state index in [1.165, 1.54) is 0 Å². The van der Waals surface area contributed by atoms with E-state index in [1.807, 2.05) is 11.0 Å². The molecule has 4 heterocycles. The van der Waals surface area contributed by atoms with Crippen molar-refractivity contribution >= 4 is 22.8 Å². The summed E-state index contributed by atoms with van der Waals surface area (Å²) in [5.74, 6) is 0.631. The number of H-pyrrole nitrogens is 1. The third kappa shape index (κ3) is 2.94. The van der Waals surface area contributed by atoms with Gasteiger partial charge in [-0.25, -0.2) is 0 Å². The molecule has 8 heteroatoms. The number of nitrogens with zero attached hydrogens (tertiary/aromatic N) is 3. The Labute approximate surface area is 161 Å². The van der Waals surface area contributed by atoms with Crippen LogP contribution in [0.4, 0.5) is 0 Å². The van der Waals surface area contributed by atoms with Gasteiger partial charge >= 0.3 is 0 Å². The smallest absolute Gasteiger partial charge is 0.287 e. The van der Waals surface area contributed by atoms with Crippen molar-refractivity contribution in [2.45, 2.75) is 19.3 Å². The summed E-state index contributed by atoms with van der Waals surface area (Å²) < 4.78 is 5.57. The van der Waals surface area contributed by atoms with Gasteiger partial charge < -0.3 is 14.6 Å². The molecule has 1 atom stereocenters. The molecule has 1 unspecified atom stereocenters. The lowest BCUT2D eigenvalue weighted by atomic mass is 9.90. The summed E-state index contributed by atoms with van der Waals surface area (Å²) in [4.78, 5) is 30.7. The topological polar surface area (TPSA) is 104 Å². The Morgan fingerprint density at radius 3 is 2.93 bits per heavy atom. The number of amides is 2. The molecular formula is C20H21N5O3. The zero-order valence-corrected chi connectivity index (χ0v) is 15.4. The van der Waals surface area contributed by atoms with E-state index in [9.17, 15) is 9.59 Å². The Bertz CT molecular complexity index is 985. The summed E-state index contributed by atoms with van der Waals surface area (Å²) in [6.07, 6.45) is 9.55. The van der Waals surface area contributed by atoms with E-state index in [0.717, 1.165) is 37.7 Å². The van der Waals surface area contributed by atoms with Crippen LogP contribution in [0.5, 0.6) is 0 Å². The number of hydrogen-bond acceptors (Lipinski definition) is 5. The Morgan fingerprint density at radius 1 is 1.32 bits per heavy atom. The third-order valence-corrected chi connectivity index (χ3v) is 6.21. The quantitative estimate of drug-likeness (QED) is 0.723. The van der Waals surface area contributed by atoms with Crippen LogP contribution in [0.3, 0.4) is 0 Å². The van der Waals surface area contributed by atoms with Crippen molar-refractivity contribution in [2.75, 3.05) is 19.6 Å². The molecule has 1 aliphatic heterocycles. The van der Waals surface area contributed by atoms with Gasteiger partial charge in [0, 0.05) is 37.4 Å². The van der Waals surface area contributed by atoms with Crippen LogP contribution in [0, 0.1) is 11.3 Å². The van der Waals surface area contributed by atoms with E-state index in [4.69, 9.17) is 4.42 Å². The van der Waals surface area contributed by atoms with Gasteiger partial charge in [-0.1, -0.05) is 0 Å². The van der Waals surface area contributed by atoms with Crippen LogP contribution < -0.4 is 5.32 Å². The summed E-state index contributed by atoms with van der Waals surface area (Å²) in [6, 6.07) is 3.57. The summed E-state index contributed by atoms with van der Waals surface area (Å²) >= 11 is 0. The average molecular weight is 379 g/mol. The lowest BCUT2D eigenvalue weighted by molar-refractivity contribution is 0.0669. The maximum atomic E-state index is 12.4. The van der Waals surface area contributed by atoms with Crippen LogP contribution in [-0.2, 0) is 0 Å². The SMILES string of the molecule is O=C(NCC1CC12CCN(C(=O)c1cn[nH]c1)CC2)c1cc2ccncc2o1. The molecule has 8 nitrogen and oxygen atoms in total. The van der Waals surface area contributed by atoms with E-state index in [0.29, 0.717) is 29.4 Å². The van der Waals surface area contributed by atoms with Crippen LogP contribution >= 0.6 is 0 Å². The average Bonchev–Trinajstić information content (AvgIpc) is 3.13. The number of likely N-dealkylation sites (tertiary alicyclic amines) is 1. The highest BCUT2D eigenvalue weighted by Crippen LogP contribution is 2.59. The number of aromatic amines is 1. The van der Waals surface area contributed by atoms with Crippen molar-refractivity contribution in [3.8, 4) is 0 Å². The van der Waals surface area contributed by atoms with Gasteiger partial charge in [0.2, 0.25) is 0 Å². The maximum absolute atomic E-state index is 12.4. The number of carbonyl (C=O) groups excluding carboxylic acids is 2. The second kappa shape index (κ2) is 6.47. The van der Waals surface area contributed by atoms with Gasteiger partial charge in [0.15, 0.2) is 11.3 Å². The Morgan fingerprint density at radius 2 is 2.18 bits per heavy atom. The lowest BCUT2D eigenvalue weighted by Gasteiger charge is -2.32. The Kier molecular flexibility index (Phi) is 3.92. The number of piperidine rings is 1. The maximum Gasteiger partial charge on any atom is 0.287 e. The number of carbonyl (C=O) groups is 2. The van der Waals surface area contributed by atoms with Crippen molar-refractivity contribution in [2.24, 2.45) is 11.3 Å². The minimum Gasteiger partial charge on any atom is -0.449 e. The molecule has 5 rings (SSSR count). The predicted octanol–water partition coefficient (Wildman–Crippen LogP) is 2.22. The van der Waals surface area contributed by atoms with Crippen molar-refractivity contribution < 1.29 is 14.0 Å². The van der Waals surface area contributed by atoms with Crippen molar-refractivity contribution in [1.29, 1.82) is 0 Å². The standard InChI is InChI=1S/C20H21N5O3/c26-18(16-7-13-1-4-21-12-17(13)28-16)22-11-15-8-20(15)2-5-25(6-3-20)19(27)14-9-23-24-10-14/h1,4,7,9-10,12,15H,2-3,5-6,8,11H2,(H,22,26)(H,23,24). The number of aromatic nitrogens is 3. The normalized spacial score (nSPS) is 20.4. The molecule has 0 bridgehead atoms. The molecule has 2 aliphatic rings. The first kappa shape index (κ1) is 17.0. The fraction of sp³-hybridized carbons (Fsp3) is 0.400. The number of fused-ring (bicyclic) bond motifs is 1. The second-order valence-corrected chi connectivity index (χ2v) is 7.78. The lowest BCUT2D eigenvalue weighted by Crippen LogP contribution is -2.40. The summed E-state index contributed by atoms with van der Waals surface area (Å²) in [5, 5.41) is 10.4. The Balaban J connectivity index is 1.14. The number of nitrogens with one attached hydrogen (secondary N) is 2. The van der Waals surface area contributed by atoms with Gasteiger partial charge in [0.05, 0.1) is 18.0 Å². The van der Waals surface area contributed by atoms with Crippen LogP contribution in [0.15, 0.2) is 41.3 Å². The highest BCUT2D eigenvalue weighted by molar-refractivity contribution is 5.96. The van der Waals surface area contributed by atoms with Gasteiger partial charge in [0.25, 0.3) is 11.8 Å². The molecular weight excluding hydrogens is 358 g/mol. The van der Waals surface area contributed by atoms with Gasteiger partial charge in [-0.2, -0.15) is 5.10 Å². The fourth-order valence-electron chi connectivity index (χ4n) is 4.34. The van der Waals surface area contributed by atoms with Crippen molar-refractivity contribution in [1.82, 2.24) is 25.4 Å². The highest BCUT2D eigenvalue weighted by Gasteiger charge is 2.54. The zero-order valence-electron chi connectivity index (χ0n) is 15.4. The predicted molar refractivity (Wildman–Crippen MR) is 101 cm³/mol. The van der Waals surface area contributed by atoms with E-state index < -0.39 is 0 Å². The molecule has 2 fully saturated rings. The van der Waals surface area contributed by atoms with E-state index >= 15 is 0 Å². The molecule has 28 heavy (non-hydrogen) atoms.